The number of hydrogen-bond acceptors (Lipinski definition) is 3. The fraction of sp³-hybridized carbons (Fsp3) is 0. The van der Waals surface area contributed by atoms with Crippen LogP contribution in [0.1, 0.15) is 5.56 Å². The summed E-state index contributed by atoms with van der Waals surface area (Å²) in [5, 5.41) is 10.1. The molecule has 96 valence electrons. The van der Waals surface area contributed by atoms with Crippen LogP contribution < -0.4 is 4.74 Å². The van der Waals surface area contributed by atoms with Gasteiger partial charge in [0.25, 0.3) is 0 Å². The van der Waals surface area contributed by atoms with Crippen molar-refractivity contribution in [3.8, 4) is 17.6 Å². The summed E-state index contributed by atoms with van der Waals surface area (Å²) < 4.78 is 7.01. The summed E-state index contributed by atoms with van der Waals surface area (Å²) in [6.45, 7) is 0. The lowest BCUT2D eigenvalue weighted by molar-refractivity contribution is 0.486. The molecule has 2 aromatic carbocycles. The molecule has 0 aliphatic heterocycles. The van der Waals surface area contributed by atoms with Crippen molar-refractivity contribution < 1.29 is 4.74 Å². The smallest absolute Gasteiger partial charge is 0.156 e. The number of aromatic nitrogens is 1. The van der Waals surface area contributed by atoms with E-state index in [-0.39, 0.29) is 0 Å². The predicted molar refractivity (Wildman–Crippen MR) is 85.7 cm³/mol. The first-order valence-corrected chi connectivity index (χ1v) is 7.07. The first kappa shape index (κ1) is 12.9. The molecule has 0 radical (unpaired) electrons. The Hall–Kier alpha value is -2.13. The van der Waals surface area contributed by atoms with Crippen LogP contribution in [-0.4, -0.2) is 4.98 Å². The molecule has 0 N–H and O–H groups in total. The summed E-state index contributed by atoms with van der Waals surface area (Å²) >= 11 is 2.23. The minimum Gasteiger partial charge on any atom is -0.455 e. The minimum atomic E-state index is 0.433. The molecule has 0 amide bonds. The number of para-hydroxylation sites is 1. The fourth-order valence-electron chi connectivity index (χ4n) is 1.95. The number of nitrogens with zero attached hydrogens (tertiary/aromatic N) is 2. The Bertz CT molecular complexity index is 824. The third kappa shape index (κ3) is 2.45. The number of hydrogen-bond donors (Lipinski definition) is 0. The lowest BCUT2D eigenvalue weighted by Crippen LogP contribution is -1.92. The van der Waals surface area contributed by atoms with E-state index in [2.05, 4.69) is 33.6 Å². The molecule has 0 saturated heterocycles. The molecule has 1 aromatic heterocycles. The van der Waals surface area contributed by atoms with Crippen molar-refractivity contribution in [2.24, 2.45) is 0 Å². The van der Waals surface area contributed by atoms with Crippen LogP contribution in [0.25, 0.3) is 10.9 Å². The average Bonchev–Trinajstić information content (AvgIpc) is 2.48. The van der Waals surface area contributed by atoms with Crippen molar-refractivity contribution in [1.29, 1.82) is 5.26 Å². The minimum absolute atomic E-state index is 0.433. The molecule has 0 bridgehead atoms. The molecule has 3 aromatic rings. The van der Waals surface area contributed by atoms with Crippen molar-refractivity contribution in [2.75, 3.05) is 0 Å². The molecule has 4 heteroatoms. The van der Waals surface area contributed by atoms with Crippen molar-refractivity contribution >= 4 is 33.5 Å². The Morgan fingerprint density at radius 1 is 1.10 bits per heavy atom. The quantitative estimate of drug-likeness (QED) is 0.622. The van der Waals surface area contributed by atoms with E-state index < -0.39 is 0 Å². The van der Waals surface area contributed by atoms with Gasteiger partial charge in [-0.3, -0.25) is 4.98 Å². The molecule has 20 heavy (non-hydrogen) atoms. The van der Waals surface area contributed by atoms with Crippen molar-refractivity contribution in [3.63, 3.8) is 0 Å². The summed E-state index contributed by atoms with van der Waals surface area (Å²) in [4.78, 5) is 4.27. The first-order chi connectivity index (χ1) is 9.78. The first-order valence-electron chi connectivity index (χ1n) is 5.99. The molecular weight excluding hydrogens is 363 g/mol. The van der Waals surface area contributed by atoms with E-state index in [0.29, 0.717) is 17.1 Å². The van der Waals surface area contributed by atoms with Gasteiger partial charge in [-0.25, -0.2) is 0 Å². The molecule has 1 heterocycles. The second kappa shape index (κ2) is 5.47. The molecule has 0 aliphatic carbocycles. The van der Waals surface area contributed by atoms with Crippen LogP contribution in [0, 0.1) is 14.9 Å². The van der Waals surface area contributed by atoms with Gasteiger partial charge in [0.1, 0.15) is 17.4 Å². The van der Waals surface area contributed by atoms with Gasteiger partial charge in [-0.05, 0) is 52.9 Å². The standard InChI is InChI=1S/C16H9IN2O/c17-12-4-3-5-13(8-12)20-16-11(9-18)10-19-15-7-2-1-6-14(15)16/h1-8,10H. The van der Waals surface area contributed by atoms with E-state index in [9.17, 15) is 5.26 Å². The maximum Gasteiger partial charge on any atom is 0.156 e. The van der Waals surface area contributed by atoms with Crippen LogP contribution in [0.15, 0.2) is 54.7 Å². The van der Waals surface area contributed by atoms with Crippen molar-refractivity contribution in [1.82, 2.24) is 4.98 Å². The highest BCUT2D eigenvalue weighted by Gasteiger charge is 2.11. The molecule has 0 unspecified atom stereocenters. The number of pyridine rings is 1. The van der Waals surface area contributed by atoms with Crippen LogP contribution in [-0.2, 0) is 0 Å². The Kier molecular flexibility index (Phi) is 3.52. The topological polar surface area (TPSA) is 45.9 Å². The number of nitriles is 1. The fourth-order valence-corrected chi connectivity index (χ4v) is 2.47. The van der Waals surface area contributed by atoms with Crippen LogP contribution in [0.2, 0.25) is 0 Å². The maximum absolute atomic E-state index is 9.24. The zero-order valence-electron chi connectivity index (χ0n) is 10.4. The van der Waals surface area contributed by atoms with Crippen molar-refractivity contribution in [2.45, 2.75) is 0 Å². The molecule has 0 aliphatic rings. The van der Waals surface area contributed by atoms with Gasteiger partial charge in [0.2, 0.25) is 0 Å². The molecule has 3 nitrogen and oxygen atoms in total. The van der Waals surface area contributed by atoms with Crippen LogP contribution in [0.4, 0.5) is 0 Å². The summed E-state index contributed by atoms with van der Waals surface area (Å²) in [7, 11) is 0. The highest BCUT2D eigenvalue weighted by molar-refractivity contribution is 14.1. The number of benzene rings is 2. The predicted octanol–water partition coefficient (Wildman–Crippen LogP) is 4.50. The van der Waals surface area contributed by atoms with Gasteiger partial charge < -0.3 is 4.74 Å². The summed E-state index contributed by atoms with van der Waals surface area (Å²) in [6, 6.07) is 17.5. The van der Waals surface area contributed by atoms with Crippen LogP contribution in [0.5, 0.6) is 11.5 Å². The zero-order chi connectivity index (χ0) is 13.9. The molecule has 0 fully saturated rings. The summed E-state index contributed by atoms with van der Waals surface area (Å²) in [6.07, 6.45) is 1.55. The monoisotopic (exact) mass is 372 g/mol. The van der Waals surface area contributed by atoms with E-state index in [4.69, 9.17) is 4.74 Å². The van der Waals surface area contributed by atoms with E-state index in [1.165, 1.54) is 0 Å². The summed E-state index contributed by atoms with van der Waals surface area (Å²) in [5.41, 5.74) is 1.25. The van der Waals surface area contributed by atoms with Crippen LogP contribution >= 0.6 is 22.6 Å². The second-order valence-corrected chi connectivity index (χ2v) is 5.44. The van der Waals surface area contributed by atoms with Crippen molar-refractivity contribution in [3.05, 3.63) is 63.9 Å². The largest absolute Gasteiger partial charge is 0.455 e. The van der Waals surface area contributed by atoms with E-state index >= 15 is 0 Å². The number of fused-ring (bicyclic) bond motifs is 1. The number of halogens is 1. The van der Waals surface area contributed by atoms with E-state index in [0.717, 1.165) is 14.5 Å². The number of rotatable bonds is 2. The van der Waals surface area contributed by atoms with Gasteiger partial charge in [0.15, 0.2) is 5.75 Å². The lowest BCUT2D eigenvalue weighted by atomic mass is 10.1. The Balaban J connectivity index is 2.17. The van der Waals surface area contributed by atoms with Gasteiger partial charge in [-0.15, -0.1) is 0 Å². The Morgan fingerprint density at radius 3 is 2.75 bits per heavy atom. The molecule has 0 spiro atoms. The van der Waals surface area contributed by atoms with Gasteiger partial charge in [-0.2, -0.15) is 5.26 Å². The highest BCUT2D eigenvalue weighted by Crippen LogP contribution is 2.32. The maximum atomic E-state index is 9.24. The third-order valence-electron chi connectivity index (χ3n) is 2.86. The lowest BCUT2D eigenvalue weighted by Gasteiger charge is -2.10. The Morgan fingerprint density at radius 2 is 1.95 bits per heavy atom. The van der Waals surface area contributed by atoms with Gasteiger partial charge in [0, 0.05) is 15.2 Å². The average molecular weight is 372 g/mol. The van der Waals surface area contributed by atoms with E-state index in [1.807, 2.05) is 48.5 Å². The molecule has 0 saturated carbocycles. The van der Waals surface area contributed by atoms with Gasteiger partial charge in [0.05, 0.1) is 5.52 Å². The number of ether oxygens (including phenoxy) is 1. The van der Waals surface area contributed by atoms with Crippen LogP contribution in [0.3, 0.4) is 0 Å². The highest BCUT2D eigenvalue weighted by atomic mass is 127. The normalized spacial score (nSPS) is 10.2. The Labute approximate surface area is 130 Å². The second-order valence-electron chi connectivity index (χ2n) is 4.19. The molecule has 3 rings (SSSR count). The van der Waals surface area contributed by atoms with Gasteiger partial charge in [-0.1, -0.05) is 18.2 Å². The zero-order valence-corrected chi connectivity index (χ0v) is 12.5. The molecular formula is C16H9IN2O. The third-order valence-corrected chi connectivity index (χ3v) is 3.53. The summed E-state index contributed by atoms with van der Waals surface area (Å²) in [5.74, 6) is 1.27. The molecule has 0 atom stereocenters. The SMILES string of the molecule is N#Cc1cnc2ccccc2c1Oc1cccc(I)c1. The van der Waals surface area contributed by atoms with E-state index in [1.54, 1.807) is 6.20 Å². The van der Waals surface area contributed by atoms with Gasteiger partial charge >= 0.3 is 0 Å².